The summed E-state index contributed by atoms with van der Waals surface area (Å²) in [4.78, 5) is 53.3. The Morgan fingerprint density at radius 3 is 2.67 bits per heavy atom. The fraction of sp³-hybridized carbons (Fsp3) is 0.500. The molecule has 2 fully saturated rings. The van der Waals surface area contributed by atoms with Crippen LogP contribution in [-0.2, 0) is 9.59 Å². The number of ketones is 1. The van der Waals surface area contributed by atoms with Crippen LogP contribution in [-0.4, -0.2) is 44.9 Å². The molecule has 1 aromatic heterocycles. The number of hydrogen-bond acceptors (Lipinski definition) is 7. The number of Topliss-reactive ketones (excluding diaryl/α,β-unsaturated/α-hetero) is 1. The van der Waals surface area contributed by atoms with Crippen molar-refractivity contribution in [2.45, 2.75) is 57.0 Å². The van der Waals surface area contributed by atoms with Crippen LogP contribution >= 0.6 is 11.8 Å². The van der Waals surface area contributed by atoms with Gasteiger partial charge in [-0.2, -0.15) is 10.3 Å². The lowest BCUT2D eigenvalue weighted by molar-refractivity contribution is -0.139. The zero-order valence-electron chi connectivity index (χ0n) is 17.1. The lowest BCUT2D eigenvalue weighted by atomic mass is 9.77. The summed E-state index contributed by atoms with van der Waals surface area (Å²) in [6, 6.07) is 2.80. The number of urea groups is 1. The van der Waals surface area contributed by atoms with Crippen molar-refractivity contribution in [1.29, 1.82) is 5.26 Å². The molecule has 0 radical (unpaired) electrons. The van der Waals surface area contributed by atoms with Gasteiger partial charge in [-0.1, -0.05) is 18.7 Å². The number of nitrogens with one attached hydrogen (secondary N) is 2. The van der Waals surface area contributed by atoms with E-state index in [1.165, 1.54) is 13.0 Å². The van der Waals surface area contributed by atoms with E-state index in [0.29, 0.717) is 35.0 Å². The Kier molecular flexibility index (Phi) is 6.12. The van der Waals surface area contributed by atoms with Crippen LogP contribution < -0.4 is 10.7 Å². The van der Waals surface area contributed by atoms with E-state index in [2.05, 4.69) is 22.7 Å². The molecule has 2 aliphatic rings. The van der Waals surface area contributed by atoms with Gasteiger partial charge in [-0.25, -0.2) is 9.78 Å². The highest BCUT2D eigenvalue weighted by Gasteiger charge is 2.52. The van der Waals surface area contributed by atoms with E-state index in [1.54, 1.807) is 6.92 Å². The van der Waals surface area contributed by atoms with Crippen molar-refractivity contribution in [1.82, 2.24) is 20.7 Å². The Morgan fingerprint density at radius 2 is 2.07 bits per heavy atom. The Balaban J connectivity index is 1.65. The van der Waals surface area contributed by atoms with Crippen molar-refractivity contribution < 1.29 is 19.2 Å². The number of hydrazine groups is 1. The van der Waals surface area contributed by atoms with Crippen molar-refractivity contribution in [3.63, 3.8) is 0 Å². The molecule has 1 aliphatic heterocycles. The van der Waals surface area contributed by atoms with Gasteiger partial charge in [0, 0.05) is 11.3 Å². The normalized spacial score (nSPS) is 23.3. The third-order valence-corrected chi connectivity index (χ3v) is 6.54. The van der Waals surface area contributed by atoms with Crippen LogP contribution in [0.1, 0.15) is 61.1 Å². The molecule has 30 heavy (non-hydrogen) atoms. The van der Waals surface area contributed by atoms with Crippen molar-refractivity contribution in [3.05, 3.63) is 22.9 Å². The SMILES string of the molecule is CC(=O)c1cc(C#N)c(SCC(=O)NN2C(=O)NC3(CCC(C)CC3)C2=O)nc1C. The molecule has 9 nitrogen and oxygen atoms in total. The molecule has 1 spiro atoms. The van der Waals surface area contributed by atoms with Crippen LogP contribution in [0.2, 0.25) is 0 Å². The van der Waals surface area contributed by atoms with Gasteiger partial charge in [-0.15, -0.1) is 0 Å². The minimum Gasteiger partial charge on any atom is -0.322 e. The number of imide groups is 1. The summed E-state index contributed by atoms with van der Waals surface area (Å²) in [5.41, 5.74) is 2.44. The van der Waals surface area contributed by atoms with Gasteiger partial charge >= 0.3 is 6.03 Å². The van der Waals surface area contributed by atoms with Gasteiger partial charge in [0.2, 0.25) is 5.91 Å². The first-order chi connectivity index (χ1) is 14.2. The second-order valence-corrected chi connectivity index (χ2v) is 8.77. The summed E-state index contributed by atoms with van der Waals surface area (Å²) in [5, 5.41) is 13.1. The smallest absolute Gasteiger partial charge is 0.322 e. The zero-order chi connectivity index (χ0) is 22.1. The van der Waals surface area contributed by atoms with E-state index in [4.69, 9.17) is 0 Å². The minimum absolute atomic E-state index is 0.151. The van der Waals surface area contributed by atoms with Crippen LogP contribution in [0.5, 0.6) is 0 Å². The second kappa shape index (κ2) is 8.44. The van der Waals surface area contributed by atoms with Gasteiger partial charge in [0.25, 0.3) is 5.91 Å². The molecule has 1 saturated heterocycles. The number of carbonyl (C=O) groups excluding carboxylic acids is 4. The van der Waals surface area contributed by atoms with Crippen LogP contribution in [0.15, 0.2) is 11.1 Å². The fourth-order valence-electron chi connectivity index (χ4n) is 3.74. The highest BCUT2D eigenvalue weighted by atomic mass is 32.2. The Bertz CT molecular complexity index is 963. The summed E-state index contributed by atoms with van der Waals surface area (Å²) < 4.78 is 0. The Labute approximate surface area is 178 Å². The molecule has 3 rings (SSSR count). The molecule has 1 saturated carbocycles. The van der Waals surface area contributed by atoms with E-state index >= 15 is 0 Å². The third kappa shape index (κ3) is 4.16. The van der Waals surface area contributed by atoms with Crippen molar-refractivity contribution in [2.75, 3.05) is 5.75 Å². The number of rotatable bonds is 5. The quantitative estimate of drug-likeness (QED) is 0.416. The van der Waals surface area contributed by atoms with E-state index in [9.17, 15) is 24.4 Å². The topological polar surface area (TPSA) is 132 Å². The number of carbonyl (C=O) groups is 4. The van der Waals surface area contributed by atoms with E-state index in [-0.39, 0.29) is 17.1 Å². The monoisotopic (exact) mass is 429 g/mol. The summed E-state index contributed by atoms with van der Waals surface area (Å²) >= 11 is 1.00. The molecule has 158 valence electrons. The number of amides is 4. The maximum Gasteiger partial charge on any atom is 0.344 e. The van der Waals surface area contributed by atoms with Crippen molar-refractivity contribution >= 4 is 35.4 Å². The fourth-order valence-corrected chi connectivity index (χ4v) is 4.53. The maximum absolute atomic E-state index is 12.8. The molecule has 0 unspecified atom stereocenters. The number of aromatic nitrogens is 1. The maximum atomic E-state index is 12.8. The lowest BCUT2D eigenvalue weighted by Gasteiger charge is -2.33. The second-order valence-electron chi connectivity index (χ2n) is 7.80. The highest BCUT2D eigenvalue weighted by molar-refractivity contribution is 8.00. The van der Waals surface area contributed by atoms with Crippen LogP contribution in [0.25, 0.3) is 0 Å². The first kappa shape index (κ1) is 21.8. The summed E-state index contributed by atoms with van der Waals surface area (Å²) in [6.45, 7) is 5.15. The van der Waals surface area contributed by atoms with Gasteiger partial charge < -0.3 is 5.32 Å². The standard InChI is InChI=1S/C20H23N5O4S/c1-11-4-6-20(7-5-11)18(28)25(19(29)23-20)24-16(27)10-30-17-14(9-21)8-15(13(3)26)12(2)22-17/h8,11H,4-7,10H2,1-3H3,(H,23,29)(H,24,27). The summed E-state index contributed by atoms with van der Waals surface area (Å²) in [5.74, 6) is -0.851. The van der Waals surface area contributed by atoms with Crippen LogP contribution in [0, 0.1) is 24.2 Å². The number of thioether (sulfide) groups is 1. The Hall–Kier alpha value is -2.93. The van der Waals surface area contributed by atoms with E-state index < -0.39 is 23.4 Å². The number of hydrogen-bond donors (Lipinski definition) is 2. The first-order valence-corrected chi connectivity index (χ1v) is 10.7. The van der Waals surface area contributed by atoms with E-state index in [0.717, 1.165) is 29.6 Å². The molecule has 0 aromatic carbocycles. The molecular formula is C20H23N5O4S. The van der Waals surface area contributed by atoms with Gasteiger partial charge in [0.1, 0.15) is 16.6 Å². The van der Waals surface area contributed by atoms with Crippen molar-refractivity contribution in [3.8, 4) is 6.07 Å². The largest absolute Gasteiger partial charge is 0.344 e. The molecule has 10 heteroatoms. The van der Waals surface area contributed by atoms with Crippen LogP contribution in [0.4, 0.5) is 4.79 Å². The molecule has 4 amide bonds. The van der Waals surface area contributed by atoms with E-state index in [1.807, 2.05) is 6.07 Å². The molecule has 2 heterocycles. The molecule has 0 atom stereocenters. The third-order valence-electron chi connectivity index (χ3n) is 5.54. The van der Waals surface area contributed by atoms with Crippen LogP contribution in [0.3, 0.4) is 0 Å². The minimum atomic E-state index is -0.931. The number of nitrogens with zero attached hydrogens (tertiary/aromatic N) is 3. The van der Waals surface area contributed by atoms with Gasteiger partial charge in [0.05, 0.1) is 11.3 Å². The number of pyridine rings is 1. The highest BCUT2D eigenvalue weighted by Crippen LogP contribution is 2.35. The number of nitriles is 1. The average molecular weight is 430 g/mol. The van der Waals surface area contributed by atoms with Crippen molar-refractivity contribution in [2.24, 2.45) is 5.92 Å². The average Bonchev–Trinajstić information content (AvgIpc) is 2.92. The predicted molar refractivity (Wildman–Crippen MR) is 108 cm³/mol. The van der Waals surface area contributed by atoms with Gasteiger partial charge in [-0.3, -0.25) is 19.8 Å². The molecule has 1 aromatic rings. The predicted octanol–water partition coefficient (Wildman–Crippen LogP) is 2.09. The molecular weight excluding hydrogens is 406 g/mol. The zero-order valence-corrected chi connectivity index (χ0v) is 17.9. The molecule has 0 bridgehead atoms. The molecule has 1 aliphatic carbocycles. The van der Waals surface area contributed by atoms with Gasteiger partial charge in [0.15, 0.2) is 5.78 Å². The van der Waals surface area contributed by atoms with Gasteiger partial charge in [-0.05, 0) is 51.5 Å². The lowest BCUT2D eigenvalue weighted by Crippen LogP contribution is -2.51. The first-order valence-electron chi connectivity index (χ1n) is 9.68. The number of aryl methyl sites for hydroxylation is 1. The Morgan fingerprint density at radius 1 is 1.40 bits per heavy atom. The summed E-state index contributed by atoms with van der Waals surface area (Å²) in [6.07, 6.45) is 2.78. The summed E-state index contributed by atoms with van der Waals surface area (Å²) in [7, 11) is 0. The molecule has 2 N–H and O–H groups in total.